The lowest BCUT2D eigenvalue weighted by molar-refractivity contribution is 0.494. The third-order valence-corrected chi connectivity index (χ3v) is 5.16. The minimum Gasteiger partial charge on any atom is -0.356 e. The summed E-state index contributed by atoms with van der Waals surface area (Å²) in [6.45, 7) is 6.76. The molecule has 1 aliphatic carbocycles. The van der Waals surface area contributed by atoms with E-state index in [1.54, 1.807) is 0 Å². The number of fused-ring (bicyclic) bond motifs is 1. The third kappa shape index (κ3) is 2.69. The van der Waals surface area contributed by atoms with Crippen LogP contribution in [0, 0.1) is 18.8 Å². The minimum atomic E-state index is 0.258. The van der Waals surface area contributed by atoms with Crippen molar-refractivity contribution >= 4 is 5.82 Å². The van der Waals surface area contributed by atoms with Crippen LogP contribution in [0.25, 0.3) is 0 Å². The summed E-state index contributed by atoms with van der Waals surface area (Å²) in [6, 6.07) is 2.54. The average Bonchev–Trinajstić information content (AvgIpc) is 2.99. The fourth-order valence-corrected chi connectivity index (χ4v) is 3.92. The highest BCUT2D eigenvalue weighted by atomic mass is 15.2. The van der Waals surface area contributed by atoms with Crippen LogP contribution in [-0.2, 0) is 6.42 Å². The molecule has 2 N–H and O–H groups in total. The molecular weight excluding hydrogens is 246 g/mol. The summed E-state index contributed by atoms with van der Waals surface area (Å²) in [5.41, 5.74) is 8.63. The molecule has 0 aromatic carbocycles. The molecule has 1 aromatic rings. The normalized spacial score (nSPS) is 26.9. The van der Waals surface area contributed by atoms with Crippen molar-refractivity contribution in [3.63, 3.8) is 0 Å². The summed E-state index contributed by atoms with van der Waals surface area (Å²) >= 11 is 0. The van der Waals surface area contributed by atoms with Gasteiger partial charge in [0.15, 0.2) is 0 Å². The minimum absolute atomic E-state index is 0.258. The molecular formula is C17H27N3. The van der Waals surface area contributed by atoms with Crippen molar-refractivity contribution in [3.8, 4) is 0 Å². The van der Waals surface area contributed by atoms with E-state index in [-0.39, 0.29) is 6.04 Å². The Bertz CT molecular complexity index is 459. The van der Waals surface area contributed by atoms with Crippen LogP contribution in [-0.4, -0.2) is 24.1 Å². The lowest BCUT2D eigenvalue weighted by Crippen LogP contribution is -2.24. The van der Waals surface area contributed by atoms with E-state index in [0.29, 0.717) is 0 Å². The molecule has 3 unspecified atom stereocenters. The van der Waals surface area contributed by atoms with Gasteiger partial charge in [-0.15, -0.1) is 0 Å². The van der Waals surface area contributed by atoms with Crippen molar-refractivity contribution in [2.75, 3.05) is 18.0 Å². The second-order valence-electron chi connectivity index (χ2n) is 6.71. The van der Waals surface area contributed by atoms with Gasteiger partial charge in [-0.2, -0.15) is 0 Å². The molecule has 2 heterocycles. The summed E-state index contributed by atoms with van der Waals surface area (Å²) in [5, 5.41) is 0. The number of nitrogens with two attached hydrogens (primary N) is 1. The average molecular weight is 273 g/mol. The monoisotopic (exact) mass is 273 g/mol. The maximum atomic E-state index is 6.04. The molecule has 2 aliphatic rings. The Morgan fingerprint density at radius 3 is 2.65 bits per heavy atom. The molecule has 1 saturated carbocycles. The van der Waals surface area contributed by atoms with E-state index in [1.807, 2.05) is 6.20 Å². The van der Waals surface area contributed by atoms with Crippen LogP contribution in [0.4, 0.5) is 5.82 Å². The van der Waals surface area contributed by atoms with E-state index < -0.39 is 0 Å². The molecule has 3 atom stereocenters. The van der Waals surface area contributed by atoms with Gasteiger partial charge in [-0.3, -0.25) is 0 Å². The lowest BCUT2D eigenvalue weighted by atomic mass is 10.0. The summed E-state index contributed by atoms with van der Waals surface area (Å²) in [4.78, 5) is 7.25. The number of hydrogen-bond acceptors (Lipinski definition) is 3. The molecule has 3 nitrogen and oxygen atoms in total. The number of nitrogens with zero attached hydrogens (tertiary/aromatic N) is 2. The molecule has 0 bridgehead atoms. The van der Waals surface area contributed by atoms with Crippen molar-refractivity contribution < 1.29 is 0 Å². The number of aryl methyl sites for hydroxylation is 1. The molecule has 20 heavy (non-hydrogen) atoms. The number of rotatable bonds is 4. The molecule has 0 radical (unpaired) electrons. The zero-order chi connectivity index (χ0) is 14.1. The van der Waals surface area contributed by atoms with Crippen molar-refractivity contribution in [1.29, 1.82) is 0 Å². The SMILES string of the molecule is CCC(N)Cc1cnc(N2CC3CCCC3C2)c(C)c1. The standard InChI is InChI=1S/C17H27N3/c1-3-16(18)8-13-7-12(2)17(19-9-13)20-10-14-5-4-6-15(14)11-20/h7,9,14-16H,3-6,8,10-11,18H2,1-2H3. The number of aromatic nitrogens is 1. The molecule has 3 heteroatoms. The van der Waals surface area contributed by atoms with Crippen LogP contribution in [0.3, 0.4) is 0 Å². The zero-order valence-electron chi connectivity index (χ0n) is 12.8. The van der Waals surface area contributed by atoms with Gasteiger partial charge >= 0.3 is 0 Å². The van der Waals surface area contributed by atoms with Crippen LogP contribution in [0.1, 0.15) is 43.7 Å². The Morgan fingerprint density at radius 2 is 2.05 bits per heavy atom. The maximum Gasteiger partial charge on any atom is 0.131 e. The lowest BCUT2D eigenvalue weighted by Gasteiger charge is -2.21. The highest BCUT2D eigenvalue weighted by molar-refractivity contribution is 5.48. The Hall–Kier alpha value is -1.09. The van der Waals surface area contributed by atoms with E-state index in [9.17, 15) is 0 Å². The predicted octanol–water partition coefficient (Wildman–Crippen LogP) is 2.91. The Morgan fingerprint density at radius 1 is 1.35 bits per heavy atom. The van der Waals surface area contributed by atoms with Crippen LogP contribution in [0.2, 0.25) is 0 Å². The smallest absolute Gasteiger partial charge is 0.131 e. The van der Waals surface area contributed by atoms with E-state index in [4.69, 9.17) is 10.7 Å². The molecule has 110 valence electrons. The maximum absolute atomic E-state index is 6.04. The van der Waals surface area contributed by atoms with Crippen molar-refractivity contribution in [2.24, 2.45) is 17.6 Å². The first-order valence-electron chi connectivity index (χ1n) is 8.13. The molecule has 1 aromatic heterocycles. The Labute approximate surface area is 122 Å². The summed E-state index contributed by atoms with van der Waals surface area (Å²) in [7, 11) is 0. The topological polar surface area (TPSA) is 42.1 Å². The van der Waals surface area contributed by atoms with E-state index in [2.05, 4.69) is 24.8 Å². The first-order valence-corrected chi connectivity index (χ1v) is 8.13. The van der Waals surface area contributed by atoms with Gasteiger partial charge in [-0.25, -0.2) is 4.98 Å². The fourth-order valence-electron chi connectivity index (χ4n) is 3.92. The largest absolute Gasteiger partial charge is 0.356 e. The van der Waals surface area contributed by atoms with Gasteiger partial charge in [0.1, 0.15) is 5.82 Å². The highest BCUT2D eigenvalue weighted by Crippen LogP contribution is 2.39. The van der Waals surface area contributed by atoms with Gasteiger partial charge in [0, 0.05) is 25.3 Å². The van der Waals surface area contributed by atoms with Gasteiger partial charge in [0.25, 0.3) is 0 Å². The summed E-state index contributed by atoms with van der Waals surface area (Å²) in [5.74, 6) is 3.04. The molecule has 2 fully saturated rings. The summed E-state index contributed by atoms with van der Waals surface area (Å²) < 4.78 is 0. The van der Waals surface area contributed by atoms with Gasteiger partial charge in [0.2, 0.25) is 0 Å². The van der Waals surface area contributed by atoms with Gasteiger partial charge in [0.05, 0.1) is 0 Å². The van der Waals surface area contributed by atoms with E-state index in [1.165, 1.54) is 49.3 Å². The molecule has 1 saturated heterocycles. The van der Waals surface area contributed by atoms with Gasteiger partial charge < -0.3 is 10.6 Å². The molecule has 1 aliphatic heterocycles. The van der Waals surface area contributed by atoms with Crippen LogP contribution in [0.15, 0.2) is 12.3 Å². The highest BCUT2D eigenvalue weighted by Gasteiger charge is 2.36. The fraction of sp³-hybridized carbons (Fsp3) is 0.706. The van der Waals surface area contributed by atoms with Crippen LogP contribution >= 0.6 is 0 Å². The van der Waals surface area contributed by atoms with Gasteiger partial charge in [-0.1, -0.05) is 19.4 Å². The van der Waals surface area contributed by atoms with E-state index in [0.717, 1.165) is 24.7 Å². The zero-order valence-corrected chi connectivity index (χ0v) is 12.8. The van der Waals surface area contributed by atoms with Crippen molar-refractivity contribution in [3.05, 3.63) is 23.4 Å². The van der Waals surface area contributed by atoms with Crippen molar-refractivity contribution in [2.45, 2.75) is 52.0 Å². The third-order valence-electron chi connectivity index (χ3n) is 5.16. The first-order chi connectivity index (χ1) is 9.67. The van der Waals surface area contributed by atoms with Crippen LogP contribution in [0.5, 0.6) is 0 Å². The molecule has 3 rings (SSSR count). The quantitative estimate of drug-likeness (QED) is 0.917. The van der Waals surface area contributed by atoms with Crippen molar-refractivity contribution in [1.82, 2.24) is 4.98 Å². The number of anilines is 1. The second-order valence-corrected chi connectivity index (χ2v) is 6.71. The summed E-state index contributed by atoms with van der Waals surface area (Å²) in [6.07, 6.45) is 8.27. The predicted molar refractivity (Wildman–Crippen MR) is 84.0 cm³/mol. The van der Waals surface area contributed by atoms with E-state index >= 15 is 0 Å². The second kappa shape index (κ2) is 5.72. The first kappa shape index (κ1) is 13.9. The van der Waals surface area contributed by atoms with Crippen LogP contribution < -0.4 is 10.6 Å². The Balaban J connectivity index is 1.71. The van der Waals surface area contributed by atoms with Gasteiger partial charge in [-0.05, 0) is 55.6 Å². The Kier molecular flexibility index (Phi) is 3.97. The number of hydrogen-bond donors (Lipinski definition) is 1. The molecule has 0 spiro atoms. The number of pyridine rings is 1. The molecule has 0 amide bonds.